The lowest BCUT2D eigenvalue weighted by atomic mass is 10.2. The molecule has 1 aliphatic heterocycles. The van der Waals surface area contributed by atoms with Gasteiger partial charge in [0.1, 0.15) is 6.04 Å². The maximum Gasteiger partial charge on any atom is 0.326 e. The van der Waals surface area contributed by atoms with Crippen LogP contribution < -0.4 is 0 Å². The van der Waals surface area contributed by atoms with Gasteiger partial charge in [0.15, 0.2) is 0 Å². The number of urea groups is 1. The smallest absolute Gasteiger partial charge is 0.326 e. The number of carbonyl (C=O) groups is 2. The SMILES string of the molecule is CCCCN(C(=O)N1CCC[C@@H]1C(=O)O)C(C)CC. The van der Waals surface area contributed by atoms with Gasteiger partial charge in [0.25, 0.3) is 0 Å². The van der Waals surface area contributed by atoms with Crippen LogP contribution in [0.15, 0.2) is 0 Å². The van der Waals surface area contributed by atoms with Gasteiger partial charge in [-0.1, -0.05) is 20.3 Å². The zero-order chi connectivity index (χ0) is 14.4. The Labute approximate surface area is 115 Å². The number of rotatable bonds is 6. The van der Waals surface area contributed by atoms with Crippen LogP contribution in [0.25, 0.3) is 0 Å². The zero-order valence-corrected chi connectivity index (χ0v) is 12.3. The first-order valence-corrected chi connectivity index (χ1v) is 7.32. The first kappa shape index (κ1) is 15.8. The van der Waals surface area contributed by atoms with E-state index in [1.54, 1.807) is 0 Å². The molecule has 110 valence electrons. The molecule has 0 spiro atoms. The lowest BCUT2D eigenvalue weighted by Crippen LogP contribution is -2.51. The summed E-state index contributed by atoms with van der Waals surface area (Å²) in [6, 6.07) is -0.581. The largest absolute Gasteiger partial charge is 0.480 e. The van der Waals surface area contributed by atoms with Gasteiger partial charge in [-0.3, -0.25) is 0 Å². The molecular formula is C14H26N2O3. The van der Waals surface area contributed by atoms with E-state index in [9.17, 15) is 14.7 Å². The van der Waals surface area contributed by atoms with Crippen molar-refractivity contribution in [3.8, 4) is 0 Å². The molecule has 0 aromatic carbocycles. The molecule has 0 aliphatic carbocycles. The van der Waals surface area contributed by atoms with Crippen LogP contribution in [0.4, 0.5) is 4.79 Å². The second-order valence-electron chi connectivity index (χ2n) is 5.28. The molecule has 5 heteroatoms. The fourth-order valence-electron chi connectivity index (χ4n) is 2.47. The molecule has 1 saturated heterocycles. The fraction of sp³-hybridized carbons (Fsp3) is 0.857. The van der Waals surface area contributed by atoms with Gasteiger partial charge in [-0.15, -0.1) is 0 Å². The molecule has 2 atom stereocenters. The van der Waals surface area contributed by atoms with E-state index >= 15 is 0 Å². The highest BCUT2D eigenvalue weighted by molar-refractivity contribution is 5.83. The number of carbonyl (C=O) groups excluding carboxylic acids is 1. The average Bonchev–Trinajstić information content (AvgIpc) is 2.87. The summed E-state index contributed by atoms with van der Waals surface area (Å²) in [5.74, 6) is -0.884. The number of nitrogens with zero attached hydrogens (tertiary/aromatic N) is 2. The van der Waals surface area contributed by atoms with Crippen LogP contribution in [0, 0.1) is 0 Å². The number of aliphatic carboxylic acids is 1. The third-order valence-electron chi connectivity index (χ3n) is 3.90. The maximum atomic E-state index is 12.6. The monoisotopic (exact) mass is 270 g/mol. The van der Waals surface area contributed by atoms with Crippen molar-refractivity contribution in [1.29, 1.82) is 0 Å². The van der Waals surface area contributed by atoms with E-state index < -0.39 is 12.0 Å². The summed E-state index contributed by atoms with van der Waals surface area (Å²) in [5, 5.41) is 9.17. The number of hydrogen-bond donors (Lipinski definition) is 1. The predicted molar refractivity (Wildman–Crippen MR) is 74.1 cm³/mol. The van der Waals surface area contributed by atoms with E-state index in [0.717, 1.165) is 25.7 Å². The topological polar surface area (TPSA) is 60.9 Å². The lowest BCUT2D eigenvalue weighted by molar-refractivity contribution is -0.141. The van der Waals surface area contributed by atoms with Crippen molar-refractivity contribution in [2.45, 2.75) is 65.0 Å². The third kappa shape index (κ3) is 3.85. The predicted octanol–water partition coefficient (Wildman–Crippen LogP) is 2.56. The minimum atomic E-state index is -0.884. The Bertz CT molecular complexity index is 320. The van der Waals surface area contributed by atoms with Gasteiger partial charge in [-0.05, 0) is 32.6 Å². The second-order valence-corrected chi connectivity index (χ2v) is 5.28. The minimum absolute atomic E-state index is 0.104. The summed E-state index contributed by atoms with van der Waals surface area (Å²) >= 11 is 0. The normalized spacial score (nSPS) is 20.4. The molecular weight excluding hydrogens is 244 g/mol. The molecule has 1 N–H and O–H groups in total. The maximum absolute atomic E-state index is 12.6. The number of amides is 2. The van der Waals surface area contributed by atoms with Crippen molar-refractivity contribution in [2.75, 3.05) is 13.1 Å². The molecule has 5 nitrogen and oxygen atoms in total. The van der Waals surface area contributed by atoms with Crippen molar-refractivity contribution in [3.63, 3.8) is 0 Å². The molecule has 0 radical (unpaired) electrons. The van der Waals surface area contributed by atoms with Crippen molar-refractivity contribution >= 4 is 12.0 Å². The van der Waals surface area contributed by atoms with Crippen LogP contribution in [0.2, 0.25) is 0 Å². The van der Waals surface area contributed by atoms with E-state index in [-0.39, 0.29) is 12.1 Å². The van der Waals surface area contributed by atoms with Gasteiger partial charge in [-0.2, -0.15) is 0 Å². The molecule has 0 aromatic rings. The first-order valence-electron chi connectivity index (χ1n) is 7.32. The molecule has 19 heavy (non-hydrogen) atoms. The molecule has 0 bridgehead atoms. The van der Waals surface area contributed by atoms with Gasteiger partial charge in [0, 0.05) is 19.1 Å². The summed E-state index contributed by atoms with van der Waals surface area (Å²) in [5.41, 5.74) is 0. The quantitative estimate of drug-likeness (QED) is 0.807. The van der Waals surface area contributed by atoms with Gasteiger partial charge < -0.3 is 14.9 Å². The fourth-order valence-corrected chi connectivity index (χ4v) is 2.47. The first-order chi connectivity index (χ1) is 9.02. The summed E-state index contributed by atoms with van der Waals surface area (Å²) in [6.45, 7) is 7.45. The average molecular weight is 270 g/mol. The molecule has 0 aromatic heterocycles. The number of carboxylic acid groups (broad SMARTS) is 1. The van der Waals surface area contributed by atoms with Crippen LogP contribution in [-0.2, 0) is 4.79 Å². The highest BCUT2D eigenvalue weighted by Crippen LogP contribution is 2.21. The molecule has 0 saturated carbocycles. The van der Waals surface area contributed by atoms with E-state index in [2.05, 4.69) is 13.8 Å². The number of likely N-dealkylation sites (tertiary alicyclic amines) is 1. The van der Waals surface area contributed by atoms with Crippen molar-refractivity contribution < 1.29 is 14.7 Å². The van der Waals surface area contributed by atoms with Crippen LogP contribution in [0.3, 0.4) is 0 Å². The summed E-state index contributed by atoms with van der Waals surface area (Å²) in [7, 11) is 0. The molecule has 1 aliphatic rings. The number of hydrogen-bond acceptors (Lipinski definition) is 2. The van der Waals surface area contributed by atoms with Crippen LogP contribution in [0.1, 0.15) is 52.9 Å². The Morgan fingerprint density at radius 3 is 2.63 bits per heavy atom. The van der Waals surface area contributed by atoms with Gasteiger partial charge >= 0.3 is 12.0 Å². The van der Waals surface area contributed by atoms with E-state index in [4.69, 9.17) is 0 Å². The second kappa shape index (κ2) is 7.36. The van der Waals surface area contributed by atoms with Crippen molar-refractivity contribution in [1.82, 2.24) is 9.80 Å². The van der Waals surface area contributed by atoms with E-state index in [1.165, 1.54) is 4.90 Å². The molecule has 1 heterocycles. The highest BCUT2D eigenvalue weighted by Gasteiger charge is 2.36. The Morgan fingerprint density at radius 1 is 1.42 bits per heavy atom. The van der Waals surface area contributed by atoms with E-state index in [1.807, 2.05) is 11.8 Å². The number of carboxylic acids is 1. The van der Waals surface area contributed by atoms with Crippen molar-refractivity contribution in [2.24, 2.45) is 0 Å². The summed E-state index contributed by atoms with van der Waals surface area (Å²) in [4.78, 5) is 27.1. The lowest BCUT2D eigenvalue weighted by Gasteiger charge is -2.34. The Balaban J connectivity index is 2.77. The molecule has 1 unspecified atom stereocenters. The summed E-state index contributed by atoms with van der Waals surface area (Å²) in [6.07, 6.45) is 4.24. The van der Waals surface area contributed by atoms with Gasteiger partial charge in [-0.25, -0.2) is 9.59 Å². The third-order valence-corrected chi connectivity index (χ3v) is 3.90. The van der Waals surface area contributed by atoms with Crippen LogP contribution in [-0.4, -0.2) is 52.1 Å². The van der Waals surface area contributed by atoms with Crippen LogP contribution in [0.5, 0.6) is 0 Å². The van der Waals surface area contributed by atoms with Crippen molar-refractivity contribution in [3.05, 3.63) is 0 Å². The molecule has 1 rings (SSSR count). The minimum Gasteiger partial charge on any atom is -0.480 e. The standard InChI is InChI=1S/C14H26N2O3/c1-4-6-9-15(11(3)5-2)14(19)16-10-7-8-12(16)13(17)18/h11-12H,4-10H2,1-3H3,(H,17,18)/t11?,12-/m1/s1. The number of unbranched alkanes of at least 4 members (excludes halogenated alkanes) is 1. The molecule has 2 amide bonds. The molecule has 1 fully saturated rings. The Kier molecular flexibility index (Phi) is 6.12. The summed E-state index contributed by atoms with van der Waals surface area (Å²) < 4.78 is 0. The highest BCUT2D eigenvalue weighted by atomic mass is 16.4. The van der Waals surface area contributed by atoms with E-state index in [0.29, 0.717) is 19.5 Å². The Hall–Kier alpha value is -1.26. The zero-order valence-electron chi connectivity index (χ0n) is 12.3. The van der Waals surface area contributed by atoms with Crippen LogP contribution >= 0.6 is 0 Å². The Morgan fingerprint density at radius 2 is 2.11 bits per heavy atom. The van der Waals surface area contributed by atoms with Gasteiger partial charge in [0.2, 0.25) is 0 Å². The van der Waals surface area contributed by atoms with Gasteiger partial charge in [0.05, 0.1) is 0 Å².